The molecule has 0 atom stereocenters. The van der Waals surface area contributed by atoms with Gasteiger partial charge in [0.15, 0.2) is 0 Å². The van der Waals surface area contributed by atoms with Crippen LogP contribution in [0.1, 0.15) is 11.3 Å². The molecular formula is C23H24N8. The van der Waals surface area contributed by atoms with Crippen LogP contribution in [-0.2, 0) is 0 Å². The van der Waals surface area contributed by atoms with Crippen LogP contribution in [0, 0.1) is 0 Å². The highest BCUT2D eigenvalue weighted by atomic mass is 15.3. The molecule has 1 saturated heterocycles. The van der Waals surface area contributed by atoms with E-state index in [0.29, 0.717) is 0 Å². The SMILES string of the molecule is CN1CCN(c2ccc(/C=C/c3n[nH]c4cc(-c5ccnc(N)n5)ccc34)cn2)CC1. The van der Waals surface area contributed by atoms with Crippen LogP contribution in [0.3, 0.4) is 0 Å². The third kappa shape index (κ3) is 4.10. The van der Waals surface area contributed by atoms with Gasteiger partial charge in [0.25, 0.3) is 0 Å². The molecular weight excluding hydrogens is 388 g/mol. The first-order valence-corrected chi connectivity index (χ1v) is 10.3. The smallest absolute Gasteiger partial charge is 0.220 e. The van der Waals surface area contributed by atoms with Crippen molar-refractivity contribution in [3.05, 3.63) is 60.0 Å². The molecule has 0 spiro atoms. The van der Waals surface area contributed by atoms with Gasteiger partial charge in [0.05, 0.1) is 16.9 Å². The Balaban J connectivity index is 1.33. The second-order valence-electron chi connectivity index (χ2n) is 7.74. The Morgan fingerprint density at radius 2 is 1.87 bits per heavy atom. The first-order valence-electron chi connectivity index (χ1n) is 10.3. The standard InChI is InChI=1S/C23H24N8/c1-30-10-12-31(13-11-30)22-7-3-16(15-26-22)2-6-20-18-5-4-17(14-21(18)29-28-20)19-8-9-25-23(24)27-19/h2-9,14-15H,10-13H2,1H3,(H,28,29)(H2,24,25,27)/b6-2+. The Morgan fingerprint density at radius 3 is 2.65 bits per heavy atom. The summed E-state index contributed by atoms with van der Waals surface area (Å²) in [6.45, 7) is 4.17. The highest BCUT2D eigenvalue weighted by Gasteiger charge is 2.14. The monoisotopic (exact) mass is 412 g/mol. The van der Waals surface area contributed by atoms with E-state index in [0.717, 1.165) is 65.4 Å². The first kappa shape index (κ1) is 19.2. The number of H-pyrrole nitrogens is 1. The minimum Gasteiger partial charge on any atom is -0.368 e. The van der Waals surface area contributed by atoms with Crippen LogP contribution in [0.25, 0.3) is 34.3 Å². The molecule has 4 aromatic rings. The summed E-state index contributed by atoms with van der Waals surface area (Å²) in [5, 5.41) is 8.61. The number of likely N-dealkylation sites (N-methyl/N-ethyl adjacent to an activating group) is 1. The fourth-order valence-electron chi connectivity index (χ4n) is 3.76. The summed E-state index contributed by atoms with van der Waals surface area (Å²) in [6.07, 6.45) is 7.62. The third-order valence-electron chi connectivity index (χ3n) is 5.59. The summed E-state index contributed by atoms with van der Waals surface area (Å²) in [7, 11) is 2.16. The molecule has 1 fully saturated rings. The lowest BCUT2D eigenvalue weighted by molar-refractivity contribution is 0.312. The van der Waals surface area contributed by atoms with Crippen molar-refractivity contribution in [1.29, 1.82) is 0 Å². The van der Waals surface area contributed by atoms with Crippen molar-refractivity contribution < 1.29 is 0 Å². The van der Waals surface area contributed by atoms with Gasteiger partial charge in [-0.3, -0.25) is 5.10 Å². The molecule has 156 valence electrons. The van der Waals surface area contributed by atoms with E-state index in [9.17, 15) is 0 Å². The number of hydrogen-bond acceptors (Lipinski definition) is 7. The van der Waals surface area contributed by atoms with Crippen molar-refractivity contribution in [2.24, 2.45) is 0 Å². The van der Waals surface area contributed by atoms with Gasteiger partial charge in [-0.2, -0.15) is 5.10 Å². The lowest BCUT2D eigenvalue weighted by Crippen LogP contribution is -2.44. The maximum atomic E-state index is 5.70. The summed E-state index contributed by atoms with van der Waals surface area (Å²) in [6, 6.07) is 12.1. The number of anilines is 2. The number of fused-ring (bicyclic) bond motifs is 1. The van der Waals surface area contributed by atoms with Gasteiger partial charge in [0.1, 0.15) is 5.82 Å². The van der Waals surface area contributed by atoms with E-state index >= 15 is 0 Å². The number of hydrogen-bond donors (Lipinski definition) is 2. The number of nitrogen functional groups attached to an aromatic ring is 1. The van der Waals surface area contributed by atoms with Crippen LogP contribution in [0.5, 0.6) is 0 Å². The van der Waals surface area contributed by atoms with Crippen LogP contribution in [-0.4, -0.2) is 63.3 Å². The van der Waals surface area contributed by atoms with Crippen LogP contribution >= 0.6 is 0 Å². The number of nitrogens with one attached hydrogen (secondary N) is 1. The average Bonchev–Trinajstić information content (AvgIpc) is 3.21. The predicted octanol–water partition coefficient (Wildman–Crippen LogP) is 2.92. The largest absolute Gasteiger partial charge is 0.368 e. The highest BCUT2D eigenvalue weighted by Crippen LogP contribution is 2.25. The molecule has 4 heterocycles. The maximum absolute atomic E-state index is 5.70. The Hall–Kier alpha value is -3.78. The molecule has 0 aliphatic carbocycles. The second-order valence-corrected chi connectivity index (χ2v) is 7.74. The van der Waals surface area contributed by atoms with Crippen LogP contribution < -0.4 is 10.6 Å². The number of pyridine rings is 1. The van der Waals surface area contributed by atoms with Crippen LogP contribution in [0.2, 0.25) is 0 Å². The van der Waals surface area contributed by atoms with Crippen molar-refractivity contribution >= 4 is 34.8 Å². The lowest BCUT2D eigenvalue weighted by atomic mass is 10.1. The number of aromatic nitrogens is 5. The summed E-state index contributed by atoms with van der Waals surface area (Å²) in [4.78, 5) is 17.6. The Morgan fingerprint density at radius 1 is 1.00 bits per heavy atom. The van der Waals surface area contributed by atoms with Crippen LogP contribution in [0.4, 0.5) is 11.8 Å². The van der Waals surface area contributed by atoms with Gasteiger partial charge in [-0.05, 0) is 49.0 Å². The van der Waals surface area contributed by atoms with E-state index in [4.69, 9.17) is 5.73 Å². The molecule has 31 heavy (non-hydrogen) atoms. The normalized spacial score (nSPS) is 15.2. The number of benzene rings is 1. The number of nitrogens with two attached hydrogens (primary N) is 1. The molecule has 1 aromatic carbocycles. The summed E-state index contributed by atoms with van der Waals surface area (Å²) in [5.41, 5.74) is 10.3. The molecule has 0 radical (unpaired) electrons. The van der Waals surface area contributed by atoms with Crippen molar-refractivity contribution in [1.82, 2.24) is 30.0 Å². The van der Waals surface area contributed by atoms with Gasteiger partial charge in [-0.25, -0.2) is 15.0 Å². The van der Waals surface area contributed by atoms with Gasteiger partial charge < -0.3 is 15.5 Å². The zero-order chi connectivity index (χ0) is 21.2. The predicted molar refractivity (Wildman–Crippen MR) is 124 cm³/mol. The summed E-state index contributed by atoms with van der Waals surface area (Å²) in [5.74, 6) is 1.30. The second kappa shape index (κ2) is 8.16. The van der Waals surface area contributed by atoms with E-state index in [2.05, 4.69) is 54.1 Å². The highest BCUT2D eigenvalue weighted by molar-refractivity contribution is 5.91. The lowest BCUT2D eigenvalue weighted by Gasteiger charge is -2.33. The number of rotatable bonds is 4. The van der Waals surface area contributed by atoms with Gasteiger partial charge >= 0.3 is 0 Å². The Kier molecular flexibility index (Phi) is 5.05. The molecule has 0 saturated carbocycles. The molecule has 0 bridgehead atoms. The van der Waals surface area contributed by atoms with Crippen LogP contribution in [0.15, 0.2) is 48.8 Å². The zero-order valence-corrected chi connectivity index (χ0v) is 17.4. The van der Waals surface area contributed by atoms with Gasteiger partial charge in [0.2, 0.25) is 5.95 Å². The van der Waals surface area contributed by atoms with Crippen molar-refractivity contribution in [2.45, 2.75) is 0 Å². The molecule has 8 nitrogen and oxygen atoms in total. The molecule has 3 aromatic heterocycles. The molecule has 5 rings (SSSR count). The number of nitrogens with zero attached hydrogens (tertiary/aromatic N) is 6. The van der Waals surface area contributed by atoms with E-state index in [1.807, 2.05) is 42.6 Å². The minimum atomic E-state index is 0.262. The number of aromatic amines is 1. The summed E-state index contributed by atoms with van der Waals surface area (Å²) < 4.78 is 0. The van der Waals surface area contributed by atoms with E-state index < -0.39 is 0 Å². The van der Waals surface area contributed by atoms with E-state index in [-0.39, 0.29) is 5.95 Å². The fourth-order valence-corrected chi connectivity index (χ4v) is 3.76. The molecule has 8 heteroatoms. The molecule has 3 N–H and O–H groups in total. The van der Waals surface area contributed by atoms with Gasteiger partial charge in [-0.15, -0.1) is 0 Å². The minimum absolute atomic E-state index is 0.262. The quantitative estimate of drug-likeness (QED) is 0.532. The van der Waals surface area contributed by atoms with Crippen molar-refractivity contribution in [3.8, 4) is 11.3 Å². The first-order chi connectivity index (χ1) is 15.2. The maximum Gasteiger partial charge on any atom is 0.220 e. The average molecular weight is 413 g/mol. The number of piperazine rings is 1. The van der Waals surface area contributed by atoms with E-state index in [1.54, 1.807) is 6.20 Å². The van der Waals surface area contributed by atoms with Crippen molar-refractivity contribution in [2.75, 3.05) is 43.9 Å². The Bertz CT molecular complexity index is 1220. The molecule has 1 aliphatic rings. The van der Waals surface area contributed by atoms with E-state index in [1.165, 1.54) is 0 Å². The Labute approximate surface area is 180 Å². The fraction of sp³-hybridized carbons (Fsp3) is 0.217. The summed E-state index contributed by atoms with van der Waals surface area (Å²) >= 11 is 0. The molecule has 0 amide bonds. The van der Waals surface area contributed by atoms with Gasteiger partial charge in [-0.1, -0.05) is 12.1 Å². The molecule has 0 unspecified atom stereocenters. The van der Waals surface area contributed by atoms with Gasteiger partial charge in [0, 0.05) is 49.5 Å². The zero-order valence-electron chi connectivity index (χ0n) is 17.4. The third-order valence-corrected chi connectivity index (χ3v) is 5.59. The topological polar surface area (TPSA) is 99.8 Å². The molecule has 1 aliphatic heterocycles. The van der Waals surface area contributed by atoms with Crippen molar-refractivity contribution in [3.63, 3.8) is 0 Å².